The molecule has 0 amide bonds. The molecule has 0 aliphatic rings. The minimum Gasteiger partial charge on any atom is -0.488 e. The van der Waals surface area contributed by atoms with Gasteiger partial charge in [-0.05, 0) is 36.4 Å². The summed E-state index contributed by atoms with van der Waals surface area (Å²) in [5, 5.41) is 5.22. The number of esters is 2. The van der Waals surface area contributed by atoms with E-state index in [0.29, 0.717) is 22.0 Å². The van der Waals surface area contributed by atoms with Crippen LogP contribution in [-0.4, -0.2) is 35.9 Å². The number of ether oxygens (including phenoxy) is 3. The van der Waals surface area contributed by atoms with Gasteiger partial charge in [-0.15, -0.1) is 0 Å². The van der Waals surface area contributed by atoms with Gasteiger partial charge in [0.2, 0.25) is 0 Å². The number of methoxy groups -OCH3 is 2. The van der Waals surface area contributed by atoms with Crippen LogP contribution in [0, 0.1) is 0 Å². The Morgan fingerprint density at radius 1 is 0.943 bits per heavy atom. The van der Waals surface area contributed by atoms with E-state index >= 15 is 0 Å². The van der Waals surface area contributed by atoms with Crippen LogP contribution in [-0.2, 0) is 16.1 Å². The van der Waals surface area contributed by atoms with Crippen molar-refractivity contribution < 1.29 is 23.8 Å². The van der Waals surface area contributed by atoms with Gasteiger partial charge in [-0.25, -0.2) is 14.3 Å². The molecule has 1 heterocycles. The van der Waals surface area contributed by atoms with Crippen molar-refractivity contribution in [1.29, 1.82) is 0 Å². The van der Waals surface area contributed by atoms with Crippen LogP contribution in [0.15, 0.2) is 77.3 Å². The van der Waals surface area contributed by atoms with Crippen molar-refractivity contribution in [1.82, 2.24) is 9.78 Å². The van der Waals surface area contributed by atoms with E-state index in [9.17, 15) is 9.59 Å². The molecule has 0 aliphatic carbocycles. The van der Waals surface area contributed by atoms with Gasteiger partial charge in [0.15, 0.2) is 5.69 Å². The van der Waals surface area contributed by atoms with E-state index in [4.69, 9.17) is 25.8 Å². The molecule has 7 nitrogen and oxygen atoms in total. The molecule has 1 aromatic heterocycles. The molecule has 0 unspecified atom stereocenters. The highest BCUT2D eigenvalue weighted by atomic mass is 79.9. The van der Waals surface area contributed by atoms with Crippen LogP contribution in [0.1, 0.15) is 26.4 Å². The number of aromatic nitrogens is 2. The van der Waals surface area contributed by atoms with Crippen LogP contribution in [0.3, 0.4) is 0 Å². The number of carbonyl (C=O) groups is 2. The van der Waals surface area contributed by atoms with Gasteiger partial charge in [-0.3, -0.25) is 0 Å². The molecule has 4 rings (SSSR count). The van der Waals surface area contributed by atoms with Crippen LogP contribution in [0.4, 0.5) is 0 Å². The van der Waals surface area contributed by atoms with Crippen molar-refractivity contribution in [2.75, 3.05) is 14.2 Å². The standard InChI is InChI=1S/C26H20BrClN2O5/c1-33-25(31)22-23(29-30(24(22)26(32)34-2)18-9-4-3-5-10-18)19-14-17(27)12-13-21(19)35-15-16-8-6-7-11-20(16)28/h3-14H,15H2,1-2H3. The van der Waals surface area contributed by atoms with Crippen LogP contribution in [0.2, 0.25) is 5.02 Å². The normalized spacial score (nSPS) is 10.6. The Morgan fingerprint density at radius 2 is 1.63 bits per heavy atom. The Morgan fingerprint density at radius 3 is 2.31 bits per heavy atom. The Balaban J connectivity index is 1.92. The summed E-state index contributed by atoms with van der Waals surface area (Å²) in [6, 6.07) is 21.6. The Hall–Kier alpha value is -3.62. The first-order valence-corrected chi connectivity index (χ1v) is 11.6. The minimum absolute atomic E-state index is 0.0381. The van der Waals surface area contributed by atoms with Crippen LogP contribution < -0.4 is 4.74 Å². The van der Waals surface area contributed by atoms with Gasteiger partial charge >= 0.3 is 11.9 Å². The number of hydrogen-bond acceptors (Lipinski definition) is 6. The molecule has 0 saturated carbocycles. The summed E-state index contributed by atoms with van der Waals surface area (Å²) in [7, 11) is 2.48. The van der Waals surface area contributed by atoms with E-state index in [1.54, 1.807) is 48.5 Å². The maximum absolute atomic E-state index is 13.0. The Labute approximate surface area is 215 Å². The zero-order valence-corrected chi connectivity index (χ0v) is 21.2. The maximum Gasteiger partial charge on any atom is 0.357 e. The van der Waals surface area contributed by atoms with Crippen molar-refractivity contribution in [2.24, 2.45) is 0 Å². The number of halogens is 2. The van der Waals surface area contributed by atoms with E-state index in [-0.39, 0.29) is 23.6 Å². The third-order valence-electron chi connectivity index (χ3n) is 5.19. The van der Waals surface area contributed by atoms with Crippen molar-refractivity contribution in [3.63, 3.8) is 0 Å². The molecule has 0 bridgehead atoms. The topological polar surface area (TPSA) is 79.7 Å². The third kappa shape index (κ3) is 5.08. The monoisotopic (exact) mass is 554 g/mol. The molecule has 0 radical (unpaired) electrons. The zero-order valence-electron chi connectivity index (χ0n) is 18.8. The predicted octanol–water partition coefficient (Wildman–Crippen LogP) is 6.11. The number of nitrogens with zero attached hydrogens (tertiary/aromatic N) is 2. The Kier molecular flexibility index (Phi) is 7.53. The zero-order chi connectivity index (χ0) is 24.9. The largest absolute Gasteiger partial charge is 0.488 e. The molecule has 0 saturated heterocycles. The highest BCUT2D eigenvalue weighted by molar-refractivity contribution is 9.10. The van der Waals surface area contributed by atoms with Crippen LogP contribution >= 0.6 is 27.5 Å². The lowest BCUT2D eigenvalue weighted by atomic mass is 10.0. The van der Waals surface area contributed by atoms with E-state index < -0.39 is 11.9 Å². The van der Waals surface area contributed by atoms with E-state index in [1.807, 2.05) is 24.3 Å². The van der Waals surface area contributed by atoms with Crippen molar-refractivity contribution in [3.8, 4) is 22.7 Å². The maximum atomic E-state index is 13.0. The number of benzene rings is 3. The molecule has 0 atom stereocenters. The molecule has 3 aromatic carbocycles. The second-order valence-electron chi connectivity index (χ2n) is 7.32. The number of rotatable bonds is 7. The average molecular weight is 556 g/mol. The Bertz CT molecular complexity index is 1390. The SMILES string of the molecule is COC(=O)c1c(-c2cc(Br)ccc2OCc2ccccc2Cl)nn(-c2ccccc2)c1C(=O)OC. The number of carbonyl (C=O) groups excluding carboxylic acids is 2. The smallest absolute Gasteiger partial charge is 0.357 e. The van der Waals surface area contributed by atoms with Gasteiger partial charge in [0.25, 0.3) is 0 Å². The fourth-order valence-electron chi connectivity index (χ4n) is 3.53. The van der Waals surface area contributed by atoms with E-state index in [1.165, 1.54) is 18.9 Å². The molecule has 0 spiro atoms. The van der Waals surface area contributed by atoms with Gasteiger partial charge in [0, 0.05) is 20.6 Å². The summed E-state index contributed by atoms with van der Waals surface area (Å²) in [6.45, 7) is 0.186. The van der Waals surface area contributed by atoms with Gasteiger partial charge in [0.1, 0.15) is 23.6 Å². The first-order chi connectivity index (χ1) is 16.9. The van der Waals surface area contributed by atoms with Gasteiger partial charge in [0.05, 0.1) is 19.9 Å². The average Bonchev–Trinajstić information content (AvgIpc) is 3.29. The van der Waals surface area contributed by atoms with Crippen LogP contribution in [0.5, 0.6) is 5.75 Å². The molecule has 4 aromatic rings. The fourth-order valence-corrected chi connectivity index (χ4v) is 4.08. The summed E-state index contributed by atoms with van der Waals surface area (Å²) in [5.41, 5.74) is 1.95. The minimum atomic E-state index is -0.736. The molecule has 0 aliphatic heterocycles. The predicted molar refractivity (Wildman–Crippen MR) is 135 cm³/mol. The second-order valence-corrected chi connectivity index (χ2v) is 8.65. The van der Waals surface area contributed by atoms with Gasteiger partial charge in [-0.1, -0.05) is 63.9 Å². The summed E-state index contributed by atoms with van der Waals surface area (Å²) in [5.74, 6) is -1.03. The first-order valence-electron chi connectivity index (χ1n) is 10.5. The highest BCUT2D eigenvalue weighted by Crippen LogP contribution is 2.37. The lowest BCUT2D eigenvalue weighted by Gasteiger charge is -2.12. The first kappa shape index (κ1) is 24.5. The summed E-state index contributed by atoms with van der Waals surface area (Å²) >= 11 is 9.76. The van der Waals surface area contributed by atoms with Crippen molar-refractivity contribution >= 4 is 39.5 Å². The molecule has 0 fully saturated rings. The van der Waals surface area contributed by atoms with Gasteiger partial charge < -0.3 is 14.2 Å². The molecule has 0 N–H and O–H groups in total. The lowest BCUT2D eigenvalue weighted by Crippen LogP contribution is -2.15. The van der Waals surface area contributed by atoms with Crippen molar-refractivity contribution in [2.45, 2.75) is 6.61 Å². The molecular weight excluding hydrogens is 536 g/mol. The summed E-state index contributed by atoms with van der Waals surface area (Å²) < 4.78 is 18.2. The highest BCUT2D eigenvalue weighted by Gasteiger charge is 2.32. The molecule has 9 heteroatoms. The van der Waals surface area contributed by atoms with Gasteiger partial charge in [-0.2, -0.15) is 5.10 Å². The quantitative estimate of drug-likeness (QED) is 0.256. The van der Waals surface area contributed by atoms with Crippen LogP contribution in [0.25, 0.3) is 16.9 Å². The second kappa shape index (κ2) is 10.8. The van der Waals surface area contributed by atoms with E-state index in [0.717, 1.165) is 10.0 Å². The lowest BCUT2D eigenvalue weighted by molar-refractivity contribution is 0.0549. The molecule has 35 heavy (non-hydrogen) atoms. The number of para-hydroxylation sites is 1. The molecular formula is C26H20BrClN2O5. The third-order valence-corrected chi connectivity index (χ3v) is 6.05. The number of hydrogen-bond donors (Lipinski definition) is 0. The molecule has 178 valence electrons. The summed E-state index contributed by atoms with van der Waals surface area (Å²) in [6.07, 6.45) is 0. The summed E-state index contributed by atoms with van der Waals surface area (Å²) in [4.78, 5) is 25.8. The fraction of sp³-hybridized carbons (Fsp3) is 0.115. The van der Waals surface area contributed by atoms with E-state index in [2.05, 4.69) is 21.0 Å². The van der Waals surface area contributed by atoms with Crippen molar-refractivity contribution in [3.05, 3.63) is 99.1 Å².